The van der Waals surface area contributed by atoms with E-state index in [0.29, 0.717) is 34.9 Å². The van der Waals surface area contributed by atoms with Crippen LogP contribution in [0.5, 0.6) is 5.75 Å². The number of anilines is 2. The Balaban J connectivity index is 2.17. The van der Waals surface area contributed by atoms with Gasteiger partial charge in [0, 0.05) is 12.0 Å². The number of alkyl carbamates (subject to hydrolysis) is 1. The molecule has 8 heteroatoms. The molecule has 8 nitrogen and oxygen atoms in total. The van der Waals surface area contributed by atoms with Crippen LogP contribution in [0.4, 0.5) is 16.2 Å². The van der Waals surface area contributed by atoms with Crippen molar-refractivity contribution in [3.05, 3.63) is 18.2 Å². The molecule has 0 spiro atoms. The molecule has 1 saturated carbocycles. The number of amides is 3. The van der Waals surface area contributed by atoms with E-state index in [9.17, 15) is 14.4 Å². The van der Waals surface area contributed by atoms with Gasteiger partial charge in [-0.1, -0.05) is 27.2 Å². The second kappa shape index (κ2) is 11.6. The molecule has 3 N–H and O–H groups in total. The lowest BCUT2D eigenvalue weighted by atomic mass is 9.70. The van der Waals surface area contributed by atoms with Gasteiger partial charge in [-0.15, -0.1) is 0 Å². The fourth-order valence-electron chi connectivity index (χ4n) is 4.38. The van der Waals surface area contributed by atoms with Gasteiger partial charge in [0.05, 0.1) is 18.5 Å². The number of hydrogen-bond donors (Lipinski definition) is 3. The highest BCUT2D eigenvalue weighted by Gasteiger charge is 2.35. The van der Waals surface area contributed by atoms with Crippen LogP contribution in [0.15, 0.2) is 18.2 Å². The number of carbonyl (C=O) groups excluding carboxylic acids is 3. The Kier molecular flexibility index (Phi) is 9.36. The first-order valence-electron chi connectivity index (χ1n) is 12.1. The number of rotatable bonds is 7. The van der Waals surface area contributed by atoms with Gasteiger partial charge in [0.2, 0.25) is 11.8 Å². The molecule has 0 bridgehead atoms. The van der Waals surface area contributed by atoms with Crippen LogP contribution >= 0.6 is 0 Å². The van der Waals surface area contributed by atoms with Crippen LogP contribution in [0, 0.1) is 23.7 Å². The SMILES string of the molecule is COc1ccc(NC(=O)C2CC(C)CCC2C(C)C)c(NC(=O)C(C)NC(=O)OC(C)(C)C)c1. The lowest BCUT2D eigenvalue weighted by Gasteiger charge is -2.36. The molecule has 0 saturated heterocycles. The largest absolute Gasteiger partial charge is 0.497 e. The third kappa shape index (κ3) is 7.92. The Morgan fingerprint density at radius 1 is 1.03 bits per heavy atom. The summed E-state index contributed by atoms with van der Waals surface area (Å²) in [6.45, 7) is 13.3. The highest BCUT2D eigenvalue weighted by Crippen LogP contribution is 2.39. The fraction of sp³-hybridized carbons (Fsp3) is 0.654. The minimum Gasteiger partial charge on any atom is -0.497 e. The molecular weight excluding hydrogens is 434 g/mol. The molecule has 4 unspecified atom stereocenters. The van der Waals surface area contributed by atoms with Crippen LogP contribution in [0.2, 0.25) is 0 Å². The summed E-state index contributed by atoms with van der Waals surface area (Å²) < 4.78 is 10.5. The molecule has 1 aromatic carbocycles. The molecule has 190 valence electrons. The van der Waals surface area contributed by atoms with Crippen molar-refractivity contribution in [2.24, 2.45) is 23.7 Å². The molecule has 1 aliphatic carbocycles. The van der Waals surface area contributed by atoms with E-state index in [-0.39, 0.29) is 11.8 Å². The molecule has 1 aliphatic rings. The van der Waals surface area contributed by atoms with Gasteiger partial charge in [-0.25, -0.2) is 4.79 Å². The Bertz CT molecular complexity index is 878. The summed E-state index contributed by atoms with van der Waals surface area (Å²) in [5, 5.41) is 8.36. The summed E-state index contributed by atoms with van der Waals surface area (Å²) in [5.41, 5.74) is 0.222. The van der Waals surface area contributed by atoms with Crippen molar-refractivity contribution in [1.29, 1.82) is 0 Å². The van der Waals surface area contributed by atoms with E-state index >= 15 is 0 Å². The standard InChI is InChI=1S/C26H41N3O5/c1-15(2)19-11-9-16(3)13-20(19)24(31)28-21-12-10-18(33-8)14-22(21)29-23(30)17(4)27-25(32)34-26(5,6)7/h10,12,14-17,19-20H,9,11,13H2,1-8H3,(H,27,32)(H,28,31)(H,29,30). The molecule has 4 atom stereocenters. The van der Waals surface area contributed by atoms with Gasteiger partial charge >= 0.3 is 6.09 Å². The molecule has 0 aliphatic heterocycles. The number of hydrogen-bond acceptors (Lipinski definition) is 5. The minimum absolute atomic E-state index is 0.0363. The van der Waals surface area contributed by atoms with E-state index in [4.69, 9.17) is 9.47 Å². The van der Waals surface area contributed by atoms with E-state index in [1.54, 1.807) is 45.9 Å². The lowest BCUT2D eigenvalue weighted by Crippen LogP contribution is -2.44. The number of carbonyl (C=O) groups is 3. The molecule has 34 heavy (non-hydrogen) atoms. The Labute approximate surface area is 203 Å². The molecular formula is C26H41N3O5. The van der Waals surface area contributed by atoms with Crippen molar-refractivity contribution in [1.82, 2.24) is 5.32 Å². The molecule has 0 heterocycles. The molecule has 1 fully saturated rings. The third-order valence-electron chi connectivity index (χ3n) is 6.23. The summed E-state index contributed by atoms with van der Waals surface area (Å²) in [5.74, 6) is 1.21. The van der Waals surface area contributed by atoms with E-state index in [0.717, 1.165) is 19.3 Å². The summed E-state index contributed by atoms with van der Waals surface area (Å²) in [6, 6.07) is 4.25. The zero-order chi connectivity index (χ0) is 25.6. The number of ether oxygens (including phenoxy) is 2. The molecule has 3 amide bonds. The van der Waals surface area contributed by atoms with Gasteiger partial charge < -0.3 is 25.4 Å². The molecule has 0 aromatic heterocycles. The van der Waals surface area contributed by atoms with Gasteiger partial charge in [0.25, 0.3) is 0 Å². The summed E-state index contributed by atoms with van der Waals surface area (Å²) in [4.78, 5) is 38.1. The second-order valence-corrected chi connectivity index (χ2v) is 10.7. The van der Waals surface area contributed by atoms with Crippen molar-refractivity contribution in [2.75, 3.05) is 17.7 Å². The zero-order valence-electron chi connectivity index (χ0n) is 21.8. The van der Waals surface area contributed by atoms with Gasteiger partial charge in [0.15, 0.2) is 0 Å². The van der Waals surface area contributed by atoms with Gasteiger partial charge in [-0.05, 0) is 70.4 Å². The Morgan fingerprint density at radius 3 is 2.29 bits per heavy atom. The number of methoxy groups -OCH3 is 1. The normalized spacial score (nSPS) is 21.4. The van der Waals surface area contributed by atoms with E-state index < -0.39 is 23.6 Å². The van der Waals surface area contributed by atoms with Crippen molar-refractivity contribution < 1.29 is 23.9 Å². The smallest absolute Gasteiger partial charge is 0.408 e. The van der Waals surface area contributed by atoms with Crippen LogP contribution < -0.4 is 20.7 Å². The van der Waals surface area contributed by atoms with Crippen molar-refractivity contribution in [3.8, 4) is 5.75 Å². The summed E-state index contributed by atoms with van der Waals surface area (Å²) in [6.07, 6.45) is 2.35. The maximum atomic E-state index is 13.3. The molecule has 0 radical (unpaired) electrons. The third-order valence-corrected chi connectivity index (χ3v) is 6.23. The zero-order valence-corrected chi connectivity index (χ0v) is 21.8. The van der Waals surface area contributed by atoms with Crippen LogP contribution in [-0.2, 0) is 14.3 Å². The van der Waals surface area contributed by atoms with Crippen LogP contribution in [0.25, 0.3) is 0 Å². The average Bonchev–Trinajstić information content (AvgIpc) is 2.72. The topological polar surface area (TPSA) is 106 Å². The maximum absolute atomic E-state index is 13.3. The second-order valence-electron chi connectivity index (χ2n) is 10.7. The quantitative estimate of drug-likeness (QED) is 0.503. The number of benzene rings is 1. The minimum atomic E-state index is -0.853. The summed E-state index contributed by atoms with van der Waals surface area (Å²) >= 11 is 0. The van der Waals surface area contributed by atoms with Gasteiger partial charge in [-0.2, -0.15) is 0 Å². The molecule has 2 rings (SSSR count). The first kappa shape index (κ1) is 27.5. The fourth-order valence-corrected chi connectivity index (χ4v) is 4.38. The van der Waals surface area contributed by atoms with Crippen LogP contribution in [0.1, 0.15) is 67.7 Å². The maximum Gasteiger partial charge on any atom is 0.408 e. The number of nitrogens with one attached hydrogen (secondary N) is 3. The highest BCUT2D eigenvalue weighted by molar-refractivity contribution is 6.02. The monoisotopic (exact) mass is 475 g/mol. The first-order valence-corrected chi connectivity index (χ1v) is 12.1. The van der Waals surface area contributed by atoms with E-state index in [2.05, 4.69) is 36.7 Å². The van der Waals surface area contributed by atoms with Gasteiger partial charge in [-0.3, -0.25) is 9.59 Å². The van der Waals surface area contributed by atoms with Crippen LogP contribution in [0.3, 0.4) is 0 Å². The van der Waals surface area contributed by atoms with Crippen molar-refractivity contribution in [3.63, 3.8) is 0 Å². The molecule has 1 aromatic rings. The van der Waals surface area contributed by atoms with E-state index in [1.165, 1.54) is 7.11 Å². The van der Waals surface area contributed by atoms with Crippen molar-refractivity contribution >= 4 is 29.3 Å². The van der Waals surface area contributed by atoms with Crippen molar-refractivity contribution in [2.45, 2.75) is 79.4 Å². The first-order chi connectivity index (χ1) is 15.8. The Morgan fingerprint density at radius 2 is 1.71 bits per heavy atom. The van der Waals surface area contributed by atoms with Gasteiger partial charge in [0.1, 0.15) is 17.4 Å². The predicted molar refractivity (Wildman–Crippen MR) is 134 cm³/mol. The highest BCUT2D eigenvalue weighted by atomic mass is 16.6. The average molecular weight is 476 g/mol. The predicted octanol–water partition coefficient (Wildman–Crippen LogP) is 5.19. The summed E-state index contributed by atoms with van der Waals surface area (Å²) in [7, 11) is 1.53. The van der Waals surface area contributed by atoms with E-state index in [1.807, 2.05) is 0 Å². The Hall–Kier alpha value is -2.77. The van der Waals surface area contributed by atoms with Crippen LogP contribution in [-0.4, -0.2) is 36.7 Å². The lowest BCUT2D eigenvalue weighted by molar-refractivity contribution is -0.124.